The number of benzene rings is 2. The molecule has 0 bridgehead atoms. The number of anilines is 1. The normalized spacial score (nSPS) is 11.9. The quantitative estimate of drug-likeness (QED) is 0.850. The summed E-state index contributed by atoms with van der Waals surface area (Å²) in [5, 5.41) is 2.88. The van der Waals surface area contributed by atoms with E-state index in [1.807, 2.05) is 19.1 Å². The van der Waals surface area contributed by atoms with Crippen LogP contribution in [0.25, 0.3) is 0 Å². The molecular formula is C15H14ClFN2O. The lowest BCUT2D eigenvalue weighted by molar-refractivity contribution is 0.0940. The van der Waals surface area contributed by atoms with E-state index < -0.39 is 5.82 Å². The highest BCUT2D eigenvalue weighted by Gasteiger charge is 2.14. The number of halogens is 2. The Balaban J connectivity index is 2.15. The number of rotatable bonds is 3. The van der Waals surface area contributed by atoms with E-state index in [0.29, 0.717) is 5.69 Å². The molecule has 0 heterocycles. The van der Waals surface area contributed by atoms with Crippen molar-refractivity contribution in [3.05, 3.63) is 64.4 Å². The summed E-state index contributed by atoms with van der Waals surface area (Å²) in [4.78, 5) is 12.1. The lowest BCUT2D eigenvalue weighted by Crippen LogP contribution is -2.27. The summed E-state index contributed by atoms with van der Waals surface area (Å²) < 4.78 is 13.0. The van der Waals surface area contributed by atoms with E-state index in [9.17, 15) is 9.18 Å². The van der Waals surface area contributed by atoms with Crippen molar-refractivity contribution >= 4 is 23.2 Å². The Bertz CT molecular complexity index is 646. The largest absolute Gasteiger partial charge is 0.399 e. The maximum absolute atomic E-state index is 13.0. The fraction of sp³-hybridized carbons (Fsp3) is 0.133. The molecule has 0 fully saturated rings. The predicted octanol–water partition coefficient (Wildman–Crippen LogP) is 3.55. The Labute approximate surface area is 121 Å². The SMILES string of the molecule is CC(NC(=O)c1ccc(F)cc1Cl)c1cccc(N)c1. The second-order valence-electron chi connectivity index (χ2n) is 4.49. The van der Waals surface area contributed by atoms with Crippen molar-refractivity contribution in [3.8, 4) is 0 Å². The first-order valence-electron chi connectivity index (χ1n) is 6.08. The molecule has 0 spiro atoms. The van der Waals surface area contributed by atoms with Gasteiger partial charge in [-0.15, -0.1) is 0 Å². The molecule has 0 aliphatic heterocycles. The Hall–Kier alpha value is -2.07. The lowest BCUT2D eigenvalue weighted by Gasteiger charge is -2.15. The van der Waals surface area contributed by atoms with Crippen molar-refractivity contribution in [1.29, 1.82) is 0 Å². The van der Waals surface area contributed by atoms with E-state index in [2.05, 4.69) is 5.32 Å². The molecule has 104 valence electrons. The van der Waals surface area contributed by atoms with Gasteiger partial charge in [-0.25, -0.2) is 4.39 Å². The van der Waals surface area contributed by atoms with Gasteiger partial charge >= 0.3 is 0 Å². The molecule has 0 saturated carbocycles. The first-order chi connectivity index (χ1) is 9.47. The molecule has 0 aliphatic carbocycles. The van der Waals surface area contributed by atoms with Crippen molar-refractivity contribution in [2.24, 2.45) is 0 Å². The van der Waals surface area contributed by atoms with Gasteiger partial charge in [0, 0.05) is 5.69 Å². The molecule has 0 aromatic heterocycles. The van der Waals surface area contributed by atoms with Crippen LogP contribution in [0.15, 0.2) is 42.5 Å². The molecule has 2 rings (SSSR count). The summed E-state index contributed by atoms with van der Waals surface area (Å²) in [6.07, 6.45) is 0. The van der Waals surface area contributed by atoms with Gasteiger partial charge in [0.1, 0.15) is 5.82 Å². The maximum Gasteiger partial charge on any atom is 0.253 e. The average molecular weight is 293 g/mol. The summed E-state index contributed by atoms with van der Waals surface area (Å²) >= 11 is 5.86. The minimum atomic E-state index is -0.476. The van der Waals surface area contributed by atoms with Gasteiger partial charge in [-0.3, -0.25) is 4.79 Å². The molecule has 3 nitrogen and oxygen atoms in total. The third-order valence-corrected chi connectivity index (χ3v) is 3.25. The summed E-state index contributed by atoms with van der Waals surface area (Å²) in [5.74, 6) is -0.833. The summed E-state index contributed by atoms with van der Waals surface area (Å²) in [6.45, 7) is 1.84. The molecule has 0 radical (unpaired) electrons. The number of nitrogen functional groups attached to an aromatic ring is 1. The molecule has 2 aromatic rings. The second-order valence-corrected chi connectivity index (χ2v) is 4.90. The standard InChI is InChI=1S/C15H14ClFN2O/c1-9(10-3-2-4-12(18)7-10)19-15(20)13-6-5-11(17)8-14(13)16/h2-9H,18H2,1H3,(H,19,20). The van der Waals surface area contributed by atoms with Crippen LogP contribution in [0.4, 0.5) is 10.1 Å². The van der Waals surface area contributed by atoms with Gasteiger partial charge < -0.3 is 11.1 Å². The number of nitrogens with two attached hydrogens (primary N) is 1. The van der Waals surface area contributed by atoms with Gasteiger partial charge in [-0.05, 0) is 42.8 Å². The summed E-state index contributed by atoms with van der Waals surface area (Å²) in [6, 6.07) is 10.7. The number of amides is 1. The molecule has 1 atom stereocenters. The first-order valence-corrected chi connectivity index (χ1v) is 6.46. The molecule has 0 aliphatic rings. The van der Waals surface area contributed by atoms with Crippen molar-refractivity contribution in [2.45, 2.75) is 13.0 Å². The maximum atomic E-state index is 13.0. The Morgan fingerprint density at radius 3 is 2.70 bits per heavy atom. The fourth-order valence-electron chi connectivity index (χ4n) is 1.86. The minimum Gasteiger partial charge on any atom is -0.399 e. The van der Waals surface area contributed by atoms with E-state index >= 15 is 0 Å². The van der Waals surface area contributed by atoms with Crippen LogP contribution in [0.2, 0.25) is 5.02 Å². The Morgan fingerprint density at radius 2 is 2.05 bits per heavy atom. The molecule has 0 saturated heterocycles. The van der Waals surface area contributed by atoms with Gasteiger partial charge in [0.2, 0.25) is 0 Å². The Morgan fingerprint density at radius 1 is 1.30 bits per heavy atom. The summed E-state index contributed by atoms with van der Waals surface area (Å²) in [5.41, 5.74) is 7.46. The average Bonchev–Trinajstić information content (AvgIpc) is 2.38. The lowest BCUT2D eigenvalue weighted by atomic mass is 10.1. The number of hydrogen-bond donors (Lipinski definition) is 2. The molecule has 1 amide bonds. The van der Waals surface area contributed by atoms with E-state index in [1.165, 1.54) is 12.1 Å². The van der Waals surface area contributed by atoms with E-state index in [-0.39, 0.29) is 22.5 Å². The smallest absolute Gasteiger partial charge is 0.253 e. The van der Waals surface area contributed by atoms with Crippen LogP contribution in [0, 0.1) is 5.82 Å². The number of nitrogens with one attached hydrogen (secondary N) is 1. The highest BCUT2D eigenvalue weighted by Crippen LogP contribution is 2.20. The van der Waals surface area contributed by atoms with Crippen LogP contribution in [0.5, 0.6) is 0 Å². The molecule has 3 N–H and O–H groups in total. The first kappa shape index (κ1) is 14.3. The van der Waals surface area contributed by atoms with Crippen LogP contribution >= 0.6 is 11.6 Å². The van der Waals surface area contributed by atoms with Crippen LogP contribution in [-0.4, -0.2) is 5.91 Å². The van der Waals surface area contributed by atoms with E-state index in [1.54, 1.807) is 12.1 Å². The van der Waals surface area contributed by atoms with Gasteiger partial charge in [-0.2, -0.15) is 0 Å². The van der Waals surface area contributed by atoms with Gasteiger partial charge in [0.25, 0.3) is 5.91 Å². The number of hydrogen-bond acceptors (Lipinski definition) is 2. The van der Waals surface area contributed by atoms with E-state index in [4.69, 9.17) is 17.3 Å². The third kappa shape index (κ3) is 3.27. The molecule has 1 unspecified atom stereocenters. The van der Waals surface area contributed by atoms with Gasteiger partial charge in [0.05, 0.1) is 16.6 Å². The van der Waals surface area contributed by atoms with Gasteiger partial charge in [0.15, 0.2) is 0 Å². The topological polar surface area (TPSA) is 55.1 Å². The third-order valence-electron chi connectivity index (χ3n) is 2.93. The highest BCUT2D eigenvalue weighted by molar-refractivity contribution is 6.33. The van der Waals surface area contributed by atoms with E-state index in [0.717, 1.165) is 11.6 Å². The van der Waals surface area contributed by atoms with Gasteiger partial charge in [-0.1, -0.05) is 23.7 Å². The van der Waals surface area contributed by atoms with Crippen LogP contribution in [-0.2, 0) is 0 Å². The number of carbonyl (C=O) groups is 1. The van der Waals surface area contributed by atoms with Crippen molar-refractivity contribution in [2.75, 3.05) is 5.73 Å². The predicted molar refractivity (Wildman–Crippen MR) is 78.1 cm³/mol. The zero-order valence-corrected chi connectivity index (χ0v) is 11.6. The molecule has 20 heavy (non-hydrogen) atoms. The van der Waals surface area contributed by atoms with Crippen LogP contribution in [0.1, 0.15) is 28.9 Å². The zero-order valence-electron chi connectivity index (χ0n) is 10.9. The highest BCUT2D eigenvalue weighted by atomic mass is 35.5. The van der Waals surface area contributed by atoms with Crippen molar-refractivity contribution in [3.63, 3.8) is 0 Å². The minimum absolute atomic E-state index is 0.0854. The van der Waals surface area contributed by atoms with Crippen molar-refractivity contribution in [1.82, 2.24) is 5.32 Å². The fourth-order valence-corrected chi connectivity index (χ4v) is 2.11. The second kappa shape index (κ2) is 5.92. The summed E-state index contributed by atoms with van der Waals surface area (Å²) in [7, 11) is 0. The molecular weight excluding hydrogens is 279 g/mol. The van der Waals surface area contributed by atoms with Crippen LogP contribution in [0.3, 0.4) is 0 Å². The number of carbonyl (C=O) groups excluding carboxylic acids is 1. The van der Waals surface area contributed by atoms with Crippen LogP contribution < -0.4 is 11.1 Å². The molecule has 2 aromatic carbocycles. The zero-order chi connectivity index (χ0) is 14.7. The monoisotopic (exact) mass is 292 g/mol. The van der Waals surface area contributed by atoms with Crippen molar-refractivity contribution < 1.29 is 9.18 Å². The molecule has 5 heteroatoms. The Kier molecular flexibility index (Phi) is 4.25.